The first-order valence-electron chi connectivity index (χ1n) is 8.56. The molecule has 0 aliphatic heterocycles. The van der Waals surface area contributed by atoms with Crippen molar-refractivity contribution in [2.45, 2.75) is 27.3 Å². The zero-order chi connectivity index (χ0) is 19.6. The number of amides is 1. The predicted octanol–water partition coefficient (Wildman–Crippen LogP) is 2.61. The molecule has 0 bridgehead atoms. The summed E-state index contributed by atoms with van der Waals surface area (Å²) in [5.41, 5.74) is 4.11. The van der Waals surface area contributed by atoms with Gasteiger partial charge in [0.25, 0.3) is 0 Å². The van der Waals surface area contributed by atoms with Gasteiger partial charge in [-0.15, -0.1) is 0 Å². The van der Waals surface area contributed by atoms with Gasteiger partial charge in [0.2, 0.25) is 11.3 Å². The van der Waals surface area contributed by atoms with E-state index < -0.39 is 0 Å². The fraction of sp³-hybridized carbons (Fsp3) is 0.250. The molecule has 0 fully saturated rings. The van der Waals surface area contributed by atoms with Crippen molar-refractivity contribution in [2.75, 3.05) is 12.4 Å². The molecule has 2 heterocycles. The summed E-state index contributed by atoms with van der Waals surface area (Å²) in [6, 6.07) is 10.9. The van der Waals surface area contributed by atoms with Gasteiger partial charge in [-0.25, -0.2) is 4.68 Å². The molecule has 27 heavy (non-hydrogen) atoms. The summed E-state index contributed by atoms with van der Waals surface area (Å²) in [5.74, 6) is 0.0188. The highest BCUT2D eigenvalue weighted by atomic mass is 16.5. The van der Waals surface area contributed by atoms with Gasteiger partial charge in [0.05, 0.1) is 24.7 Å². The van der Waals surface area contributed by atoms with E-state index in [1.807, 2.05) is 48.9 Å². The van der Waals surface area contributed by atoms with Crippen LogP contribution < -0.4 is 15.5 Å². The Hall–Kier alpha value is -3.35. The van der Waals surface area contributed by atoms with E-state index in [0.29, 0.717) is 11.4 Å². The Balaban J connectivity index is 1.71. The first-order chi connectivity index (χ1) is 12.9. The van der Waals surface area contributed by atoms with Crippen LogP contribution in [-0.2, 0) is 11.3 Å². The van der Waals surface area contributed by atoms with Gasteiger partial charge < -0.3 is 14.6 Å². The second-order valence-corrected chi connectivity index (χ2v) is 6.41. The molecule has 0 unspecified atom stereocenters. The molecule has 1 amide bonds. The summed E-state index contributed by atoms with van der Waals surface area (Å²) in [4.78, 5) is 24.1. The van der Waals surface area contributed by atoms with E-state index in [0.717, 1.165) is 17.1 Å². The van der Waals surface area contributed by atoms with Gasteiger partial charge in [-0.05, 0) is 51.1 Å². The van der Waals surface area contributed by atoms with Crippen molar-refractivity contribution in [1.82, 2.24) is 14.3 Å². The van der Waals surface area contributed by atoms with Crippen LogP contribution in [0.2, 0.25) is 0 Å². The number of hydrogen-bond acceptors (Lipinski definition) is 4. The average Bonchev–Trinajstić information content (AvgIpc) is 2.96. The molecule has 1 N–H and O–H groups in total. The maximum atomic E-state index is 12.4. The van der Waals surface area contributed by atoms with Gasteiger partial charge in [-0.3, -0.25) is 9.59 Å². The van der Waals surface area contributed by atoms with Crippen molar-refractivity contribution < 1.29 is 9.53 Å². The molecule has 7 heteroatoms. The van der Waals surface area contributed by atoms with Crippen LogP contribution in [-0.4, -0.2) is 27.4 Å². The number of nitrogens with one attached hydrogen (secondary N) is 1. The number of pyridine rings is 1. The minimum Gasteiger partial charge on any atom is -0.491 e. The average molecular weight is 366 g/mol. The topological polar surface area (TPSA) is 78.2 Å². The van der Waals surface area contributed by atoms with E-state index in [4.69, 9.17) is 4.74 Å². The first-order valence-corrected chi connectivity index (χ1v) is 8.56. The summed E-state index contributed by atoms with van der Waals surface area (Å²) in [6.07, 6.45) is 1.54. The molecular weight excluding hydrogens is 344 g/mol. The molecule has 1 aromatic carbocycles. The van der Waals surface area contributed by atoms with Crippen molar-refractivity contribution in [2.24, 2.45) is 0 Å². The van der Waals surface area contributed by atoms with Gasteiger partial charge in [-0.2, -0.15) is 5.10 Å². The summed E-state index contributed by atoms with van der Waals surface area (Å²) in [5, 5.41) is 7.31. The van der Waals surface area contributed by atoms with Gasteiger partial charge in [0, 0.05) is 23.1 Å². The second kappa shape index (κ2) is 7.49. The second-order valence-electron chi connectivity index (χ2n) is 6.41. The van der Waals surface area contributed by atoms with Crippen LogP contribution >= 0.6 is 0 Å². The Kier molecular flexibility index (Phi) is 5.12. The van der Waals surface area contributed by atoms with Crippen LogP contribution in [0.3, 0.4) is 0 Å². The first kappa shape index (κ1) is 18.4. The third-order valence-electron chi connectivity index (χ3n) is 4.25. The van der Waals surface area contributed by atoms with Crippen molar-refractivity contribution in [3.8, 4) is 11.4 Å². The largest absolute Gasteiger partial charge is 0.491 e. The lowest BCUT2D eigenvalue weighted by Crippen LogP contribution is -2.22. The Morgan fingerprint density at radius 2 is 1.81 bits per heavy atom. The number of nitrogens with zero attached hydrogens (tertiary/aromatic N) is 3. The van der Waals surface area contributed by atoms with Gasteiger partial charge in [-0.1, -0.05) is 0 Å². The molecule has 0 radical (unpaired) electrons. The number of benzene rings is 1. The summed E-state index contributed by atoms with van der Waals surface area (Å²) >= 11 is 0. The zero-order valence-electron chi connectivity index (χ0n) is 15.8. The molecule has 2 aromatic heterocycles. The van der Waals surface area contributed by atoms with E-state index in [-0.39, 0.29) is 23.6 Å². The lowest BCUT2D eigenvalue weighted by molar-refractivity contribution is -0.116. The van der Waals surface area contributed by atoms with Crippen molar-refractivity contribution in [1.29, 1.82) is 0 Å². The number of ether oxygens (including phenoxy) is 1. The predicted molar refractivity (Wildman–Crippen MR) is 104 cm³/mol. The molecular formula is C20H22N4O3. The molecule has 0 spiro atoms. The highest BCUT2D eigenvalue weighted by Gasteiger charge is 2.09. The Morgan fingerprint density at radius 3 is 2.41 bits per heavy atom. The number of methoxy groups -OCH3 is 1. The number of rotatable bonds is 5. The highest BCUT2D eigenvalue weighted by Crippen LogP contribution is 2.16. The third kappa shape index (κ3) is 4.08. The number of anilines is 1. The van der Waals surface area contributed by atoms with Crippen LogP contribution in [0.15, 0.2) is 47.4 Å². The monoisotopic (exact) mass is 366 g/mol. The third-order valence-corrected chi connectivity index (χ3v) is 4.25. The normalized spacial score (nSPS) is 10.7. The summed E-state index contributed by atoms with van der Waals surface area (Å²) < 4.78 is 8.57. The fourth-order valence-corrected chi connectivity index (χ4v) is 2.91. The SMILES string of the molecule is COc1cn(CC(=O)Nc2ccc(-n3nc(C)cc3C)cc2)c(C)cc1=O. The van der Waals surface area contributed by atoms with E-state index in [9.17, 15) is 9.59 Å². The lowest BCUT2D eigenvalue weighted by atomic mass is 10.2. The minimum absolute atomic E-state index is 0.0850. The van der Waals surface area contributed by atoms with Crippen molar-refractivity contribution in [3.63, 3.8) is 0 Å². The number of aryl methyl sites for hydroxylation is 3. The Morgan fingerprint density at radius 1 is 1.11 bits per heavy atom. The number of carbonyl (C=O) groups is 1. The molecule has 0 aliphatic rings. The molecule has 3 rings (SSSR count). The summed E-state index contributed by atoms with van der Waals surface area (Å²) in [6.45, 7) is 5.81. The molecule has 0 saturated carbocycles. The fourth-order valence-electron chi connectivity index (χ4n) is 2.91. The van der Waals surface area contributed by atoms with Crippen molar-refractivity contribution >= 4 is 11.6 Å². The number of aromatic nitrogens is 3. The summed E-state index contributed by atoms with van der Waals surface area (Å²) in [7, 11) is 1.43. The zero-order valence-corrected chi connectivity index (χ0v) is 15.8. The maximum Gasteiger partial charge on any atom is 0.244 e. The quantitative estimate of drug-likeness (QED) is 0.753. The van der Waals surface area contributed by atoms with Crippen LogP contribution in [0.1, 0.15) is 17.1 Å². The minimum atomic E-state index is -0.202. The smallest absolute Gasteiger partial charge is 0.244 e. The molecule has 0 aliphatic carbocycles. The lowest BCUT2D eigenvalue weighted by Gasteiger charge is -2.12. The Labute approximate surface area is 157 Å². The van der Waals surface area contributed by atoms with Crippen molar-refractivity contribution in [3.05, 3.63) is 69.9 Å². The molecule has 3 aromatic rings. The van der Waals surface area contributed by atoms with Gasteiger partial charge in [0.1, 0.15) is 6.54 Å². The van der Waals surface area contributed by atoms with E-state index in [1.54, 1.807) is 17.7 Å². The van der Waals surface area contributed by atoms with Crippen LogP contribution in [0.25, 0.3) is 5.69 Å². The molecule has 0 saturated heterocycles. The van der Waals surface area contributed by atoms with Crippen LogP contribution in [0.5, 0.6) is 5.75 Å². The van der Waals surface area contributed by atoms with Gasteiger partial charge >= 0.3 is 0 Å². The molecule has 0 atom stereocenters. The number of carbonyl (C=O) groups excluding carboxylic acids is 1. The van der Waals surface area contributed by atoms with E-state index in [1.165, 1.54) is 13.2 Å². The van der Waals surface area contributed by atoms with Crippen LogP contribution in [0, 0.1) is 20.8 Å². The van der Waals surface area contributed by atoms with Gasteiger partial charge in [0.15, 0.2) is 5.75 Å². The molecule has 7 nitrogen and oxygen atoms in total. The highest BCUT2D eigenvalue weighted by molar-refractivity contribution is 5.90. The standard InChI is InChI=1S/C20H22N4O3/c1-13-9-15(3)24(22-13)17-7-5-16(6-8-17)21-20(26)12-23-11-19(27-4)18(25)10-14(23)2/h5-11H,12H2,1-4H3,(H,21,26). The van der Waals surface area contributed by atoms with Crippen LogP contribution in [0.4, 0.5) is 5.69 Å². The maximum absolute atomic E-state index is 12.4. The van der Waals surface area contributed by atoms with E-state index >= 15 is 0 Å². The number of hydrogen-bond donors (Lipinski definition) is 1. The van der Waals surface area contributed by atoms with E-state index in [2.05, 4.69) is 10.4 Å². The molecule has 140 valence electrons. The Bertz CT molecular complexity index is 1030.